The molecule has 1 aliphatic heterocycles. The number of aromatic nitrogens is 1. The van der Waals surface area contributed by atoms with Crippen molar-refractivity contribution in [1.82, 2.24) is 4.57 Å². The highest BCUT2D eigenvalue weighted by molar-refractivity contribution is 14.1. The quantitative estimate of drug-likeness (QED) is 0.134. The molecule has 0 N–H and O–H groups in total. The minimum Gasteiger partial charge on any atom is -0.496 e. The van der Waals surface area contributed by atoms with E-state index in [9.17, 15) is 9.59 Å². The lowest BCUT2D eigenvalue weighted by Gasteiger charge is -2.25. The van der Waals surface area contributed by atoms with Gasteiger partial charge >= 0.3 is 5.97 Å². The average molecular weight is 940 g/mol. The number of fused-ring (bicyclic) bond motifs is 1. The summed E-state index contributed by atoms with van der Waals surface area (Å²) in [6.07, 6.45) is 1.83. The lowest BCUT2D eigenvalue weighted by Crippen LogP contribution is -2.40. The Bertz CT molecular complexity index is 1990. The molecule has 0 fully saturated rings. The topological polar surface area (TPSA) is 79.1 Å². The molecule has 44 heavy (non-hydrogen) atoms. The maximum Gasteiger partial charge on any atom is 0.338 e. The summed E-state index contributed by atoms with van der Waals surface area (Å²) in [6, 6.07) is 13.9. The van der Waals surface area contributed by atoms with Gasteiger partial charge in [-0.05, 0) is 129 Å². The molecule has 228 valence electrons. The molecule has 0 bridgehead atoms. The number of carbonyl (C=O) groups is 1. The van der Waals surface area contributed by atoms with E-state index in [1.165, 1.54) is 11.3 Å². The summed E-state index contributed by atoms with van der Waals surface area (Å²) in [4.78, 5) is 32.4. The number of hydrogen-bond donors (Lipinski definition) is 0. The molecule has 3 aromatic carbocycles. The molecule has 7 nitrogen and oxygen atoms in total. The monoisotopic (exact) mass is 938 g/mol. The Labute approximate surface area is 302 Å². The Kier molecular flexibility index (Phi) is 10.8. The summed E-state index contributed by atoms with van der Waals surface area (Å²) in [5.41, 5.74) is 2.92. The third-order valence-corrected chi connectivity index (χ3v) is 10.5. The highest BCUT2D eigenvalue weighted by atomic mass is 127. The molecule has 0 spiro atoms. The molecule has 1 atom stereocenters. The summed E-state index contributed by atoms with van der Waals surface area (Å²) >= 11 is 21.6. The van der Waals surface area contributed by atoms with Crippen LogP contribution in [-0.2, 0) is 16.1 Å². The molecule has 13 heteroatoms. The molecule has 5 rings (SSSR count). The summed E-state index contributed by atoms with van der Waals surface area (Å²) in [5.74, 6) is 0.836. The molecule has 1 aromatic heterocycles. The van der Waals surface area contributed by atoms with Crippen LogP contribution in [0.2, 0.25) is 10.0 Å². The van der Waals surface area contributed by atoms with Crippen LogP contribution in [0.3, 0.4) is 0 Å². The number of benzene rings is 3. The summed E-state index contributed by atoms with van der Waals surface area (Å²) < 4.78 is 21.4. The molecule has 0 aliphatic carbocycles. The van der Waals surface area contributed by atoms with Crippen molar-refractivity contribution < 1.29 is 19.0 Å². The molecular weight excluding hydrogens is 917 g/mol. The smallest absolute Gasteiger partial charge is 0.338 e. The number of thiazole rings is 1. The SMILES string of the molecule is CCOC(=O)C1=C(C)N=c2s/c(=C\c3cc(I)c(OCc4ccc(Cl)cc4Cl)c(I)c3)c(=O)n2[C@@H]1c1ccc(OC)c(Br)c1. The predicted octanol–water partition coefficient (Wildman–Crippen LogP) is 7.66. The van der Waals surface area contributed by atoms with Crippen molar-refractivity contribution in [2.75, 3.05) is 13.7 Å². The summed E-state index contributed by atoms with van der Waals surface area (Å²) in [5, 5.41) is 1.10. The first-order valence-corrected chi connectivity index (χ1v) is 17.6. The van der Waals surface area contributed by atoms with Gasteiger partial charge in [-0.2, -0.15) is 0 Å². The molecule has 0 saturated carbocycles. The van der Waals surface area contributed by atoms with E-state index in [1.54, 1.807) is 43.7 Å². The van der Waals surface area contributed by atoms with Gasteiger partial charge in [0, 0.05) is 15.6 Å². The van der Waals surface area contributed by atoms with Crippen molar-refractivity contribution in [1.29, 1.82) is 0 Å². The predicted molar refractivity (Wildman–Crippen MR) is 194 cm³/mol. The van der Waals surface area contributed by atoms with E-state index < -0.39 is 12.0 Å². The van der Waals surface area contributed by atoms with Gasteiger partial charge < -0.3 is 14.2 Å². The highest BCUT2D eigenvalue weighted by Crippen LogP contribution is 2.35. The third kappa shape index (κ3) is 6.92. The van der Waals surface area contributed by atoms with Crippen LogP contribution in [0, 0.1) is 7.14 Å². The van der Waals surface area contributed by atoms with E-state index >= 15 is 0 Å². The van der Waals surface area contributed by atoms with E-state index in [4.69, 9.17) is 37.4 Å². The first kappa shape index (κ1) is 33.5. The number of nitrogens with zero attached hydrogens (tertiary/aromatic N) is 2. The van der Waals surface area contributed by atoms with Gasteiger partial charge in [0.25, 0.3) is 5.56 Å². The first-order valence-electron chi connectivity index (χ1n) is 13.1. The number of carbonyl (C=O) groups excluding carboxylic acids is 1. The van der Waals surface area contributed by atoms with Crippen molar-refractivity contribution in [3.63, 3.8) is 0 Å². The number of ether oxygens (including phenoxy) is 3. The number of esters is 1. The van der Waals surface area contributed by atoms with E-state index in [1.807, 2.05) is 36.4 Å². The van der Waals surface area contributed by atoms with Gasteiger partial charge in [0.05, 0.1) is 47.2 Å². The molecule has 1 aliphatic rings. The first-order chi connectivity index (χ1) is 21.0. The lowest BCUT2D eigenvalue weighted by atomic mass is 9.96. The Morgan fingerprint density at radius 2 is 1.86 bits per heavy atom. The number of hydrogen-bond acceptors (Lipinski definition) is 7. The average Bonchev–Trinajstić information content (AvgIpc) is 3.26. The van der Waals surface area contributed by atoms with Gasteiger partial charge in [0.2, 0.25) is 0 Å². The van der Waals surface area contributed by atoms with Crippen molar-refractivity contribution in [2.45, 2.75) is 26.5 Å². The zero-order valence-corrected chi connectivity index (χ0v) is 31.7. The van der Waals surface area contributed by atoms with Gasteiger partial charge in [-0.3, -0.25) is 9.36 Å². The highest BCUT2D eigenvalue weighted by Gasteiger charge is 2.33. The largest absolute Gasteiger partial charge is 0.496 e. The van der Waals surface area contributed by atoms with Gasteiger partial charge in [-0.15, -0.1) is 0 Å². The standard InChI is InChI=1S/C31H23BrCl2I2N2O5S/c1-4-42-30(40)26-15(2)37-31-38(27(26)17-6-8-24(41-3)20(32)12-17)29(39)25(44-31)11-16-9-22(35)28(23(36)10-16)43-14-18-5-7-19(33)13-21(18)34/h5-13,27H,4,14H2,1-3H3/b25-11-/t27-/m1/s1. The van der Waals surface area contributed by atoms with Crippen molar-refractivity contribution in [3.05, 3.63) is 118 Å². The second-order valence-electron chi connectivity index (χ2n) is 9.53. The van der Waals surface area contributed by atoms with Crippen LogP contribution < -0.4 is 24.4 Å². The minimum atomic E-state index is -0.731. The molecule has 0 amide bonds. The van der Waals surface area contributed by atoms with Gasteiger partial charge in [-0.1, -0.05) is 46.7 Å². The number of rotatable bonds is 8. The van der Waals surface area contributed by atoms with Gasteiger partial charge in [0.15, 0.2) is 4.80 Å². The maximum atomic E-state index is 14.0. The molecule has 0 saturated heterocycles. The van der Waals surface area contributed by atoms with E-state index in [-0.39, 0.29) is 18.8 Å². The van der Waals surface area contributed by atoms with E-state index in [0.29, 0.717) is 46.4 Å². The second kappa shape index (κ2) is 14.2. The Morgan fingerprint density at radius 1 is 1.14 bits per heavy atom. The van der Waals surface area contributed by atoms with Crippen LogP contribution in [-0.4, -0.2) is 24.3 Å². The normalized spacial score (nSPS) is 14.7. The zero-order chi connectivity index (χ0) is 31.7. The van der Waals surface area contributed by atoms with E-state index in [0.717, 1.165) is 24.0 Å². The zero-order valence-electron chi connectivity index (χ0n) is 23.4. The van der Waals surface area contributed by atoms with Crippen LogP contribution in [0.1, 0.15) is 36.6 Å². The van der Waals surface area contributed by atoms with Crippen LogP contribution in [0.5, 0.6) is 11.5 Å². The number of allylic oxidation sites excluding steroid dienone is 1. The Morgan fingerprint density at radius 3 is 2.50 bits per heavy atom. The van der Waals surface area contributed by atoms with Crippen LogP contribution in [0.25, 0.3) is 6.08 Å². The fourth-order valence-corrected chi connectivity index (χ4v) is 8.90. The molecule has 0 unspecified atom stereocenters. The Hall–Kier alpha value is -1.91. The second-order valence-corrected chi connectivity index (χ2v) is 14.6. The number of halogens is 5. The molecule has 0 radical (unpaired) electrons. The molecule has 4 aromatic rings. The summed E-state index contributed by atoms with van der Waals surface area (Å²) in [6.45, 7) is 3.98. The number of methoxy groups -OCH3 is 1. The fourth-order valence-electron chi connectivity index (χ4n) is 4.70. The van der Waals surface area contributed by atoms with Crippen LogP contribution in [0.15, 0.2) is 74.1 Å². The summed E-state index contributed by atoms with van der Waals surface area (Å²) in [7, 11) is 1.58. The van der Waals surface area contributed by atoms with E-state index in [2.05, 4.69) is 66.1 Å². The van der Waals surface area contributed by atoms with Crippen molar-refractivity contribution in [2.24, 2.45) is 4.99 Å². The van der Waals surface area contributed by atoms with Crippen molar-refractivity contribution >= 4 is 108 Å². The third-order valence-electron chi connectivity index (χ3n) is 6.71. The fraction of sp³-hybridized carbons (Fsp3) is 0.194. The van der Waals surface area contributed by atoms with Gasteiger partial charge in [0.1, 0.15) is 18.1 Å². The van der Waals surface area contributed by atoms with Crippen molar-refractivity contribution in [3.8, 4) is 11.5 Å². The van der Waals surface area contributed by atoms with Crippen LogP contribution in [0.4, 0.5) is 0 Å². The molecule has 2 heterocycles. The maximum absolute atomic E-state index is 14.0. The van der Waals surface area contributed by atoms with Gasteiger partial charge in [-0.25, -0.2) is 9.79 Å². The lowest BCUT2D eigenvalue weighted by molar-refractivity contribution is -0.139. The Balaban J connectivity index is 1.56. The minimum absolute atomic E-state index is 0.197. The molecular formula is C31H23BrCl2I2N2O5S. The van der Waals surface area contributed by atoms with Crippen LogP contribution >= 0.6 is 95.7 Å².